The maximum atomic E-state index is 11.8. The molecule has 0 saturated carbocycles. The van der Waals surface area contributed by atoms with Crippen LogP contribution in [0.5, 0.6) is 0 Å². The predicted molar refractivity (Wildman–Crippen MR) is 68.8 cm³/mol. The van der Waals surface area contributed by atoms with Crippen LogP contribution in [0.4, 0.5) is 0 Å². The zero-order chi connectivity index (χ0) is 14.3. The Balaban J connectivity index is 2.30. The molecule has 0 aliphatic carbocycles. The largest absolute Gasteiger partial charge is 0.481 e. The summed E-state index contributed by atoms with van der Waals surface area (Å²) in [6.45, 7) is 4.24. The van der Waals surface area contributed by atoms with Gasteiger partial charge in [-0.05, 0) is 25.7 Å². The molecule has 19 heavy (non-hydrogen) atoms. The van der Waals surface area contributed by atoms with Crippen molar-refractivity contribution in [1.82, 2.24) is 10.5 Å². The number of amides is 1. The van der Waals surface area contributed by atoms with Gasteiger partial charge in [-0.15, -0.1) is 0 Å². The third-order valence-corrected chi connectivity index (χ3v) is 3.18. The Kier molecular flexibility index (Phi) is 6.05. The van der Waals surface area contributed by atoms with Gasteiger partial charge in [-0.2, -0.15) is 0 Å². The molecule has 0 aromatic carbocycles. The van der Waals surface area contributed by atoms with Gasteiger partial charge in [0.25, 0.3) is 5.91 Å². The highest BCUT2D eigenvalue weighted by Crippen LogP contribution is 2.15. The van der Waals surface area contributed by atoms with Gasteiger partial charge in [0.15, 0.2) is 0 Å². The summed E-state index contributed by atoms with van der Waals surface area (Å²) >= 11 is 0. The van der Waals surface area contributed by atoms with Gasteiger partial charge in [0.05, 0.1) is 6.20 Å². The number of carbonyl (C=O) groups excluding carboxylic acids is 1. The van der Waals surface area contributed by atoms with E-state index in [1.807, 2.05) is 6.92 Å². The van der Waals surface area contributed by atoms with Crippen molar-refractivity contribution >= 4 is 11.9 Å². The predicted octanol–water partition coefficient (Wildman–Crippen LogP) is 1.99. The number of nitrogens with one attached hydrogen (secondary N) is 1. The van der Waals surface area contributed by atoms with Crippen LogP contribution in [0.15, 0.2) is 10.7 Å². The fraction of sp³-hybridized carbons (Fsp3) is 0.615. The van der Waals surface area contributed by atoms with Crippen LogP contribution in [0.3, 0.4) is 0 Å². The van der Waals surface area contributed by atoms with Crippen LogP contribution >= 0.6 is 0 Å². The number of aryl methyl sites for hydroxylation is 1. The van der Waals surface area contributed by atoms with E-state index in [9.17, 15) is 9.59 Å². The quantitative estimate of drug-likeness (QED) is 0.752. The molecule has 0 spiro atoms. The van der Waals surface area contributed by atoms with Gasteiger partial charge in [0, 0.05) is 13.0 Å². The molecule has 1 aromatic heterocycles. The number of hydrogen-bond donors (Lipinski definition) is 2. The lowest BCUT2D eigenvalue weighted by molar-refractivity contribution is -0.137. The maximum absolute atomic E-state index is 11.8. The van der Waals surface area contributed by atoms with E-state index in [1.54, 1.807) is 6.92 Å². The molecule has 2 N–H and O–H groups in total. The van der Waals surface area contributed by atoms with Crippen molar-refractivity contribution in [1.29, 1.82) is 0 Å². The molecule has 1 rings (SSSR count). The molecule has 106 valence electrons. The summed E-state index contributed by atoms with van der Waals surface area (Å²) in [5.41, 5.74) is 0.443. The monoisotopic (exact) mass is 268 g/mol. The molecule has 1 heterocycles. The summed E-state index contributed by atoms with van der Waals surface area (Å²) in [5.74, 6) is -0.162. The minimum atomic E-state index is -0.775. The number of carboxylic acid groups (broad SMARTS) is 1. The highest BCUT2D eigenvalue weighted by Gasteiger charge is 2.13. The number of rotatable bonds is 8. The van der Waals surface area contributed by atoms with E-state index in [0.717, 1.165) is 12.8 Å². The summed E-state index contributed by atoms with van der Waals surface area (Å²) in [6, 6.07) is 0. The summed E-state index contributed by atoms with van der Waals surface area (Å²) in [4.78, 5) is 22.3. The minimum Gasteiger partial charge on any atom is -0.481 e. The van der Waals surface area contributed by atoms with Gasteiger partial charge >= 0.3 is 5.97 Å². The van der Waals surface area contributed by atoms with Gasteiger partial charge in [0.1, 0.15) is 11.3 Å². The van der Waals surface area contributed by atoms with Gasteiger partial charge in [0.2, 0.25) is 0 Å². The molecule has 1 aromatic rings. The molecule has 1 unspecified atom stereocenters. The van der Waals surface area contributed by atoms with Crippen LogP contribution in [0, 0.1) is 12.8 Å². The lowest BCUT2D eigenvalue weighted by Gasteiger charge is -2.13. The summed E-state index contributed by atoms with van der Waals surface area (Å²) < 4.78 is 4.82. The number of carboxylic acids is 1. The van der Waals surface area contributed by atoms with E-state index in [1.165, 1.54) is 6.20 Å². The summed E-state index contributed by atoms with van der Waals surface area (Å²) in [5, 5.41) is 15.0. The molecular weight excluding hydrogens is 248 g/mol. The minimum absolute atomic E-state index is 0.178. The second-order valence-corrected chi connectivity index (χ2v) is 4.55. The molecule has 0 radical (unpaired) electrons. The second kappa shape index (κ2) is 7.56. The molecule has 0 aliphatic rings. The number of aromatic nitrogens is 1. The highest BCUT2D eigenvalue weighted by atomic mass is 16.5. The van der Waals surface area contributed by atoms with E-state index >= 15 is 0 Å². The smallest absolute Gasteiger partial charge is 0.303 e. The molecule has 1 atom stereocenters. The van der Waals surface area contributed by atoms with Crippen LogP contribution in [0.1, 0.15) is 48.7 Å². The van der Waals surface area contributed by atoms with Crippen LogP contribution in [0.2, 0.25) is 0 Å². The van der Waals surface area contributed by atoms with Crippen molar-refractivity contribution in [2.24, 2.45) is 5.92 Å². The summed E-state index contributed by atoms with van der Waals surface area (Å²) in [6.07, 6.45) is 3.91. The Morgan fingerprint density at radius 1 is 1.47 bits per heavy atom. The van der Waals surface area contributed by atoms with E-state index in [0.29, 0.717) is 30.2 Å². The van der Waals surface area contributed by atoms with Crippen molar-refractivity contribution < 1.29 is 19.2 Å². The van der Waals surface area contributed by atoms with E-state index in [2.05, 4.69) is 10.5 Å². The van der Waals surface area contributed by atoms with Crippen molar-refractivity contribution in [3.8, 4) is 0 Å². The Hall–Kier alpha value is -1.85. The van der Waals surface area contributed by atoms with Gasteiger partial charge < -0.3 is 14.9 Å². The first-order valence-electron chi connectivity index (χ1n) is 6.45. The van der Waals surface area contributed by atoms with E-state index < -0.39 is 5.97 Å². The average Bonchev–Trinajstić information content (AvgIpc) is 2.79. The molecule has 0 aliphatic heterocycles. The first-order valence-corrected chi connectivity index (χ1v) is 6.45. The topological polar surface area (TPSA) is 92.4 Å². The highest BCUT2D eigenvalue weighted by molar-refractivity contribution is 5.94. The molecule has 1 amide bonds. The number of nitrogens with zero attached hydrogens (tertiary/aromatic N) is 1. The Morgan fingerprint density at radius 3 is 2.74 bits per heavy atom. The third kappa shape index (κ3) is 5.11. The Morgan fingerprint density at radius 2 is 2.21 bits per heavy atom. The van der Waals surface area contributed by atoms with Crippen LogP contribution in [0.25, 0.3) is 0 Å². The fourth-order valence-electron chi connectivity index (χ4n) is 1.88. The molecule has 0 saturated heterocycles. The van der Waals surface area contributed by atoms with Crippen molar-refractivity contribution in [2.75, 3.05) is 6.54 Å². The standard InChI is InChI=1S/C13H20N2O4/c1-3-10(4-5-12(16)17)6-7-14-13(18)11-8-15-19-9(11)2/h8,10H,3-7H2,1-2H3,(H,14,18)(H,16,17). The first kappa shape index (κ1) is 15.2. The van der Waals surface area contributed by atoms with Gasteiger partial charge in [-0.1, -0.05) is 18.5 Å². The molecule has 6 heteroatoms. The molecule has 0 fully saturated rings. The average molecular weight is 268 g/mol. The van der Waals surface area contributed by atoms with Crippen molar-refractivity contribution in [3.63, 3.8) is 0 Å². The lowest BCUT2D eigenvalue weighted by Crippen LogP contribution is -2.26. The van der Waals surface area contributed by atoms with Crippen LogP contribution < -0.4 is 5.32 Å². The van der Waals surface area contributed by atoms with E-state index in [4.69, 9.17) is 9.63 Å². The first-order chi connectivity index (χ1) is 9.04. The van der Waals surface area contributed by atoms with Gasteiger partial charge in [-0.3, -0.25) is 9.59 Å². The zero-order valence-corrected chi connectivity index (χ0v) is 11.3. The Labute approximate surface area is 112 Å². The van der Waals surface area contributed by atoms with Crippen LogP contribution in [-0.4, -0.2) is 28.7 Å². The summed E-state index contributed by atoms with van der Waals surface area (Å²) in [7, 11) is 0. The normalized spacial score (nSPS) is 12.1. The number of aliphatic carboxylic acids is 1. The molecule has 0 bridgehead atoms. The molecular formula is C13H20N2O4. The van der Waals surface area contributed by atoms with Gasteiger partial charge in [-0.25, -0.2) is 0 Å². The molecule has 6 nitrogen and oxygen atoms in total. The number of hydrogen-bond acceptors (Lipinski definition) is 4. The fourth-order valence-corrected chi connectivity index (χ4v) is 1.88. The van der Waals surface area contributed by atoms with Crippen molar-refractivity contribution in [2.45, 2.75) is 39.5 Å². The maximum Gasteiger partial charge on any atom is 0.303 e. The Bertz CT molecular complexity index is 428. The second-order valence-electron chi connectivity index (χ2n) is 4.55. The number of carbonyl (C=O) groups is 2. The van der Waals surface area contributed by atoms with Crippen molar-refractivity contribution in [3.05, 3.63) is 17.5 Å². The van der Waals surface area contributed by atoms with Crippen LogP contribution in [-0.2, 0) is 4.79 Å². The lowest BCUT2D eigenvalue weighted by atomic mass is 9.96. The zero-order valence-electron chi connectivity index (χ0n) is 11.3. The third-order valence-electron chi connectivity index (χ3n) is 3.18. The van der Waals surface area contributed by atoms with E-state index in [-0.39, 0.29) is 12.3 Å². The SMILES string of the molecule is CCC(CCNC(=O)c1cnoc1C)CCC(=O)O.